The van der Waals surface area contributed by atoms with Crippen molar-refractivity contribution < 1.29 is 23.8 Å². The maximum atomic E-state index is 13.8. The number of halogens is 1. The van der Waals surface area contributed by atoms with Crippen LogP contribution in [0, 0.1) is 18.7 Å². The highest BCUT2D eigenvalue weighted by Crippen LogP contribution is 2.41. The summed E-state index contributed by atoms with van der Waals surface area (Å²) in [6.07, 6.45) is 4.17. The Morgan fingerprint density at radius 1 is 1.23 bits per heavy atom. The van der Waals surface area contributed by atoms with Crippen LogP contribution in [-0.2, 0) is 13.6 Å². The van der Waals surface area contributed by atoms with Crippen LogP contribution < -0.4 is 15.7 Å². The maximum Gasteiger partial charge on any atom is 0.434 e. The Balaban J connectivity index is 1.63. The molecule has 1 saturated carbocycles. The number of nitrogens with one attached hydrogen (secondary N) is 1. The van der Waals surface area contributed by atoms with Crippen molar-refractivity contribution in [3.63, 3.8) is 0 Å². The number of amides is 2. The molecule has 0 bridgehead atoms. The van der Waals surface area contributed by atoms with Crippen molar-refractivity contribution in [3.8, 4) is 5.75 Å². The molecule has 8 nitrogen and oxygen atoms in total. The molecule has 2 amide bonds. The molecule has 1 atom stereocenters. The van der Waals surface area contributed by atoms with Gasteiger partial charge in [-0.3, -0.25) is 4.79 Å². The molecule has 1 heterocycles. The monoisotopic (exact) mass is 480 g/mol. The molecule has 1 aliphatic rings. The van der Waals surface area contributed by atoms with Crippen LogP contribution in [0.2, 0.25) is 0 Å². The lowest BCUT2D eigenvalue weighted by Crippen LogP contribution is -2.30. The number of ether oxygens (including phenoxy) is 1. The fourth-order valence-electron chi connectivity index (χ4n) is 4.19. The van der Waals surface area contributed by atoms with Gasteiger partial charge in [0.2, 0.25) is 5.62 Å². The molecule has 0 radical (unpaired) electrons. The zero-order chi connectivity index (χ0) is 25.1. The molecule has 0 aliphatic heterocycles. The van der Waals surface area contributed by atoms with Crippen LogP contribution in [0.4, 0.5) is 9.18 Å². The minimum atomic E-state index is -1.29. The smallest absolute Gasteiger partial charge is 0.434 e. The Morgan fingerprint density at radius 3 is 2.66 bits per heavy atom. The predicted octanol–water partition coefficient (Wildman–Crippen LogP) is 4.18. The Kier molecular flexibility index (Phi) is 7.04. The summed E-state index contributed by atoms with van der Waals surface area (Å²) in [6, 6.07) is 10.0. The minimum Gasteiger partial charge on any atom is -0.494 e. The summed E-state index contributed by atoms with van der Waals surface area (Å²) in [5.74, 6) is 0.346. The molecule has 3 aromatic rings. The van der Waals surface area contributed by atoms with Crippen molar-refractivity contribution in [1.29, 1.82) is 0 Å². The van der Waals surface area contributed by atoms with E-state index in [2.05, 4.69) is 10.3 Å². The van der Waals surface area contributed by atoms with Crippen molar-refractivity contribution in [3.05, 3.63) is 82.5 Å². The molecular weight excluding hydrogens is 451 g/mol. The van der Waals surface area contributed by atoms with Gasteiger partial charge < -0.3 is 24.3 Å². The maximum absolute atomic E-state index is 13.8. The van der Waals surface area contributed by atoms with Gasteiger partial charge in [-0.2, -0.15) is 0 Å². The van der Waals surface area contributed by atoms with Crippen LogP contribution in [0.3, 0.4) is 0 Å². The van der Waals surface area contributed by atoms with Crippen LogP contribution in [0.1, 0.15) is 52.9 Å². The third kappa shape index (κ3) is 5.79. The first-order valence-corrected chi connectivity index (χ1v) is 11.6. The normalized spacial score (nSPS) is 14.6. The van der Waals surface area contributed by atoms with E-state index in [1.165, 1.54) is 6.07 Å². The second-order valence-electron chi connectivity index (χ2n) is 8.83. The third-order valence-electron chi connectivity index (χ3n) is 6.05. The number of carboxylic acid groups (broad SMARTS) is 1. The van der Waals surface area contributed by atoms with E-state index >= 15 is 0 Å². The van der Waals surface area contributed by atoms with Gasteiger partial charge in [-0.1, -0.05) is 12.1 Å². The van der Waals surface area contributed by atoms with E-state index in [-0.39, 0.29) is 23.4 Å². The molecule has 2 N–H and O–H groups in total. The number of imidazole rings is 1. The highest BCUT2D eigenvalue weighted by molar-refractivity contribution is 5.95. The number of hydrogen-bond acceptors (Lipinski definition) is 3. The fraction of sp³-hybridized carbons (Fsp3) is 0.346. The van der Waals surface area contributed by atoms with E-state index in [4.69, 9.17) is 9.84 Å². The molecule has 0 spiro atoms. The SMILES string of the molecule is CCOc1cc(Cn2ccn(C)c2=NC(=O)O)cc(C(=O)N[C@H](c2ccc(F)c(C)c2)C2CC2)c1. The number of aromatic nitrogens is 2. The minimum absolute atomic E-state index is 0.203. The summed E-state index contributed by atoms with van der Waals surface area (Å²) in [5, 5.41) is 12.2. The van der Waals surface area contributed by atoms with Crippen molar-refractivity contribution in [2.75, 3.05) is 6.61 Å². The van der Waals surface area contributed by atoms with Crippen LogP contribution in [0.25, 0.3) is 0 Å². The molecular formula is C26H29FN4O4. The van der Waals surface area contributed by atoms with Gasteiger partial charge >= 0.3 is 6.09 Å². The number of carbonyl (C=O) groups is 2. The number of aryl methyl sites for hydroxylation is 2. The van der Waals surface area contributed by atoms with Crippen LogP contribution in [0.5, 0.6) is 5.75 Å². The van der Waals surface area contributed by atoms with E-state index in [9.17, 15) is 14.0 Å². The van der Waals surface area contributed by atoms with Gasteiger partial charge in [-0.25, -0.2) is 9.18 Å². The molecule has 35 heavy (non-hydrogen) atoms. The van der Waals surface area contributed by atoms with Crippen LogP contribution in [-0.4, -0.2) is 32.8 Å². The highest BCUT2D eigenvalue weighted by Gasteiger charge is 2.34. The molecule has 1 fully saturated rings. The second-order valence-corrected chi connectivity index (χ2v) is 8.83. The summed E-state index contributed by atoms with van der Waals surface area (Å²) in [4.78, 5) is 28.1. The van der Waals surface area contributed by atoms with Gasteiger partial charge in [0.25, 0.3) is 5.91 Å². The molecule has 4 rings (SSSR count). The largest absolute Gasteiger partial charge is 0.494 e. The Morgan fingerprint density at radius 2 is 2.00 bits per heavy atom. The second kappa shape index (κ2) is 10.2. The number of hydrogen-bond donors (Lipinski definition) is 2. The van der Waals surface area contributed by atoms with Crippen molar-refractivity contribution in [2.45, 2.75) is 39.3 Å². The summed E-state index contributed by atoms with van der Waals surface area (Å²) in [5.41, 5.74) is 2.90. The number of nitrogens with zero attached hydrogens (tertiary/aromatic N) is 3. The van der Waals surface area contributed by atoms with E-state index in [1.807, 2.05) is 13.0 Å². The first kappa shape index (κ1) is 24.3. The quantitative estimate of drug-likeness (QED) is 0.505. The molecule has 0 saturated heterocycles. The van der Waals surface area contributed by atoms with Gasteiger partial charge in [0.05, 0.1) is 19.2 Å². The van der Waals surface area contributed by atoms with Crippen LogP contribution >= 0.6 is 0 Å². The van der Waals surface area contributed by atoms with Gasteiger partial charge in [-0.05, 0) is 73.6 Å². The Bertz CT molecular complexity index is 1320. The first-order chi connectivity index (χ1) is 16.7. The summed E-state index contributed by atoms with van der Waals surface area (Å²) < 4.78 is 22.8. The molecule has 9 heteroatoms. The summed E-state index contributed by atoms with van der Waals surface area (Å²) >= 11 is 0. The van der Waals surface area contributed by atoms with E-state index in [0.717, 1.165) is 24.0 Å². The first-order valence-electron chi connectivity index (χ1n) is 11.6. The summed E-state index contributed by atoms with van der Waals surface area (Å²) in [6.45, 7) is 4.32. The zero-order valence-electron chi connectivity index (χ0n) is 20.0. The topological polar surface area (TPSA) is 97.8 Å². The Labute approximate surface area is 202 Å². The lowest BCUT2D eigenvalue weighted by atomic mass is 9.99. The standard InChI is InChI=1S/C26H29FN4O4/c1-4-35-21-13-17(15-31-10-9-30(3)25(31)29-26(33)34)12-20(14-21)24(32)28-23(18-5-6-18)19-7-8-22(27)16(2)11-19/h7-14,18,23H,4-6,15H2,1-3H3,(H,28,32)(H,33,34)/t23-/m0/s1. The van der Waals surface area contributed by atoms with Crippen molar-refractivity contribution in [1.82, 2.24) is 14.5 Å². The van der Waals surface area contributed by atoms with Gasteiger partial charge in [0.1, 0.15) is 11.6 Å². The average molecular weight is 481 g/mol. The fourth-order valence-corrected chi connectivity index (χ4v) is 4.19. The van der Waals surface area contributed by atoms with Gasteiger partial charge in [0.15, 0.2) is 0 Å². The van der Waals surface area contributed by atoms with Crippen LogP contribution in [0.15, 0.2) is 53.8 Å². The molecule has 1 aliphatic carbocycles. The number of rotatable bonds is 8. The highest BCUT2D eigenvalue weighted by atomic mass is 19.1. The number of carbonyl (C=O) groups excluding carboxylic acids is 1. The van der Waals surface area contributed by atoms with E-state index < -0.39 is 6.09 Å². The van der Waals surface area contributed by atoms with Gasteiger partial charge in [-0.15, -0.1) is 4.99 Å². The van der Waals surface area contributed by atoms with E-state index in [1.54, 1.807) is 59.8 Å². The third-order valence-corrected chi connectivity index (χ3v) is 6.05. The molecule has 184 valence electrons. The molecule has 1 aromatic heterocycles. The van der Waals surface area contributed by atoms with Crippen molar-refractivity contribution in [2.24, 2.45) is 18.0 Å². The van der Waals surface area contributed by atoms with E-state index in [0.29, 0.717) is 35.9 Å². The van der Waals surface area contributed by atoms with Gasteiger partial charge in [0, 0.05) is 25.0 Å². The lowest BCUT2D eigenvalue weighted by Gasteiger charge is -2.20. The molecule has 0 unspecified atom stereocenters. The van der Waals surface area contributed by atoms with Crippen molar-refractivity contribution >= 4 is 12.0 Å². The summed E-state index contributed by atoms with van der Waals surface area (Å²) in [7, 11) is 1.71. The Hall–Kier alpha value is -3.88. The average Bonchev–Trinajstić information content (AvgIpc) is 3.60. The number of benzene rings is 2. The zero-order valence-corrected chi connectivity index (χ0v) is 20.0. The molecule has 2 aromatic carbocycles. The lowest BCUT2D eigenvalue weighted by molar-refractivity contribution is 0.0931. The predicted molar refractivity (Wildman–Crippen MR) is 128 cm³/mol.